The number of hydrogen-bond donors (Lipinski definition) is 1. The second-order valence-corrected chi connectivity index (χ2v) is 6.37. The Balaban J connectivity index is 1.66. The summed E-state index contributed by atoms with van der Waals surface area (Å²) in [4.78, 5) is 25.8. The highest BCUT2D eigenvalue weighted by molar-refractivity contribution is 5.94. The molecule has 0 unspecified atom stereocenters. The van der Waals surface area contributed by atoms with Crippen LogP contribution in [0.4, 0.5) is 11.8 Å². The molecule has 3 rings (SSSR count). The summed E-state index contributed by atoms with van der Waals surface area (Å²) in [7, 11) is 0. The lowest BCUT2D eigenvalue weighted by molar-refractivity contribution is 0.0746. The van der Waals surface area contributed by atoms with Crippen molar-refractivity contribution in [2.45, 2.75) is 20.8 Å². The van der Waals surface area contributed by atoms with Gasteiger partial charge >= 0.3 is 0 Å². The van der Waals surface area contributed by atoms with Crippen LogP contribution in [0.2, 0.25) is 0 Å². The van der Waals surface area contributed by atoms with Gasteiger partial charge in [0.05, 0.1) is 0 Å². The maximum Gasteiger partial charge on any atom is 0.253 e. The smallest absolute Gasteiger partial charge is 0.253 e. The van der Waals surface area contributed by atoms with Gasteiger partial charge in [-0.2, -0.15) is 4.98 Å². The molecule has 25 heavy (non-hydrogen) atoms. The fourth-order valence-electron chi connectivity index (χ4n) is 3.05. The summed E-state index contributed by atoms with van der Waals surface area (Å²) in [6, 6.07) is 9.78. The lowest BCUT2D eigenvalue weighted by Crippen LogP contribution is -2.49. The number of hydrogen-bond acceptors (Lipinski definition) is 5. The summed E-state index contributed by atoms with van der Waals surface area (Å²) in [5.74, 6) is 1.69. The lowest BCUT2D eigenvalue weighted by atomic mass is 10.1. The molecular formula is C19H25N5O. The van der Waals surface area contributed by atoms with Gasteiger partial charge in [-0.25, -0.2) is 4.98 Å². The molecule has 1 aliphatic rings. The monoisotopic (exact) mass is 339 g/mol. The molecule has 1 fully saturated rings. The van der Waals surface area contributed by atoms with Gasteiger partial charge in [-0.05, 0) is 32.9 Å². The third-order valence-corrected chi connectivity index (χ3v) is 4.33. The van der Waals surface area contributed by atoms with E-state index in [1.807, 2.05) is 56.0 Å². The Labute approximate surface area is 148 Å². The number of nitrogens with zero attached hydrogens (tertiary/aromatic N) is 4. The zero-order valence-electron chi connectivity index (χ0n) is 15.1. The molecule has 0 bridgehead atoms. The first-order valence-corrected chi connectivity index (χ1v) is 8.77. The zero-order chi connectivity index (χ0) is 17.8. The lowest BCUT2D eigenvalue weighted by Gasteiger charge is -2.35. The molecule has 1 amide bonds. The molecule has 1 aromatic heterocycles. The Kier molecular flexibility index (Phi) is 5.16. The van der Waals surface area contributed by atoms with E-state index in [9.17, 15) is 4.79 Å². The zero-order valence-corrected chi connectivity index (χ0v) is 15.1. The van der Waals surface area contributed by atoms with E-state index in [1.54, 1.807) is 0 Å². The number of carbonyl (C=O) groups excluding carboxylic acids is 1. The molecule has 0 aliphatic carbocycles. The van der Waals surface area contributed by atoms with Crippen LogP contribution >= 0.6 is 0 Å². The van der Waals surface area contributed by atoms with E-state index >= 15 is 0 Å². The normalized spacial score (nSPS) is 14.5. The largest absolute Gasteiger partial charge is 0.354 e. The first kappa shape index (κ1) is 17.2. The molecule has 0 spiro atoms. The number of aromatic nitrogens is 2. The van der Waals surface area contributed by atoms with Gasteiger partial charge in [0.1, 0.15) is 5.82 Å². The van der Waals surface area contributed by atoms with E-state index < -0.39 is 0 Å². The highest BCUT2D eigenvalue weighted by Gasteiger charge is 2.23. The highest BCUT2D eigenvalue weighted by atomic mass is 16.2. The van der Waals surface area contributed by atoms with Crippen molar-refractivity contribution < 1.29 is 4.79 Å². The average molecular weight is 339 g/mol. The number of aryl methyl sites for hydroxylation is 2. The number of rotatable bonds is 4. The second kappa shape index (κ2) is 7.51. The summed E-state index contributed by atoms with van der Waals surface area (Å²) in [6.07, 6.45) is 0. The predicted octanol–water partition coefficient (Wildman–Crippen LogP) is 2.49. The van der Waals surface area contributed by atoms with Crippen molar-refractivity contribution in [2.75, 3.05) is 42.9 Å². The Hall–Kier alpha value is -2.63. The summed E-state index contributed by atoms with van der Waals surface area (Å²) < 4.78 is 0. The number of anilines is 2. The minimum Gasteiger partial charge on any atom is -0.354 e. The van der Waals surface area contributed by atoms with Gasteiger partial charge in [-0.15, -0.1) is 0 Å². The van der Waals surface area contributed by atoms with Gasteiger partial charge in [-0.1, -0.05) is 17.7 Å². The Morgan fingerprint density at radius 1 is 1.12 bits per heavy atom. The molecule has 0 saturated carbocycles. The van der Waals surface area contributed by atoms with Crippen LogP contribution in [0.1, 0.15) is 28.5 Å². The van der Waals surface area contributed by atoms with Crippen molar-refractivity contribution in [3.05, 3.63) is 47.2 Å². The summed E-state index contributed by atoms with van der Waals surface area (Å²) in [5.41, 5.74) is 2.82. The van der Waals surface area contributed by atoms with Gasteiger partial charge < -0.3 is 15.1 Å². The quantitative estimate of drug-likeness (QED) is 0.927. The van der Waals surface area contributed by atoms with Gasteiger partial charge in [0.15, 0.2) is 0 Å². The van der Waals surface area contributed by atoms with Gasteiger partial charge in [-0.3, -0.25) is 4.79 Å². The van der Waals surface area contributed by atoms with E-state index in [0.717, 1.165) is 42.3 Å². The number of carbonyl (C=O) groups is 1. The number of piperazine rings is 1. The molecule has 0 atom stereocenters. The summed E-state index contributed by atoms with van der Waals surface area (Å²) in [6.45, 7) is 9.76. The first-order chi connectivity index (χ1) is 12.1. The predicted molar refractivity (Wildman–Crippen MR) is 100 cm³/mol. The van der Waals surface area contributed by atoms with Crippen molar-refractivity contribution in [1.82, 2.24) is 14.9 Å². The Bertz CT molecular complexity index is 753. The van der Waals surface area contributed by atoms with E-state index in [4.69, 9.17) is 0 Å². The van der Waals surface area contributed by atoms with Gasteiger partial charge in [0.2, 0.25) is 5.95 Å². The molecule has 0 radical (unpaired) electrons. The minimum atomic E-state index is 0.107. The van der Waals surface area contributed by atoms with Gasteiger partial charge in [0.25, 0.3) is 5.91 Å². The molecule has 2 heterocycles. The van der Waals surface area contributed by atoms with Crippen molar-refractivity contribution in [2.24, 2.45) is 0 Å². The Morgan fingerprint density at radius 3 is 2.56 bits per heavy atom. The van der Waals surface area contributed by atoms with E-state index in [-0.39, 0.29) is 5.91 Å². The van der Waals surface area contributed by atoms with Crippen LogP contribution in [-0.2, 0) is 0 Å². The van der Waals surface area contributed by atoms with Crippen molar-refractivity contribution in [3.63, 3.8) is 0 Å². The molecule has 1 aliphatic heterocycles. The molecule has 6 nitrogen and oxygen atoms in total. The molecule has 6 heteroatoms. The molecule has 1 aromatic carbocycles. The topological polar surface area (TPSA) is 61.4 Å². The second-order valence-electron chi connectivity index (χ2n) is 6.37. The number of amides is 1. The molecule has 1 saturated heterocycles. The van der Waals surface area contributed by atoms with Crippen LogP contribution in [0.3, 0.4) is 0 Å². The fraction of sp³-hybridized carbons (Fsp3) is 0.421. The minimum absolute atomic E-state index is 0.107. The molecular weight excluding hydrogens is 314 g/mol. The molecule has 132 valence electrons. The van der Waals surface area contributed by atoms with E-state index in [2.05, 4.69) is 20.2 Å². The SMILES string of the molecule is CCNc1nc(C)cc(N2CCN(C(=O)c3cccc(C)c3)CC2)n1. The highest BCUT2D eigenvalue weighted by Crippen LogP contribution is 2.18. The summed E-state index contributed by atoms with van der Waals surface area (Å²) >= 11 is 0. The van der Waals surface area contributed by atoms with E-state index in [1.165, 1.54) is 0 Å². The Morgan fingerprint density at radius 2 is 1.88 bits per heavy atom. The van der Waals surface area contributed by atoms with Crippen LogP contribution in [0, 0.1) is 13.8 Å². The van der Waals surface area contributed by atoms with Crippen LogP contribution in [-0.4, -0.2) is 53.5 Å². The third kappa shape index (κ3) is 4.07. The third-order valence-electron chi connectivity index (χ3n) is 4.33. The fourth-order valence-corrected chi connectivity index (χ4v) is 3.05. The van der Waals surface area contributed by atoms with Crippen molar-refractivity contribution >= 4 is 17.7 Å². The molecule has 2 aromatic rings. The van der Waals surface area contributed by atoms with Crippen LogP contribution < -0.4 is 10.2 Å². The van der Waals surface area contributed by atoms with Crippen LogP contribution in [0.15, 0.2) is 30.3 Å². The maximum absolute atomic E-state index is 12.7. The standard InChI is InChI=1S/C19H25N5O/c1-4-20-19-21-15(3)13-17(22-19)23-8-10-24(11-9-23)18(25)16-7-5-6-14(2)12-16/h5-7,12-13H,4,8-11H2,1-3H3,(H,20,21,22). The van der Waals surface area contributed by atoms with Crippen LogP contribution in [0.5, 0.6) is 0 Å². The molecule has 1 N–H and O–H groups in total. The van der Waals surface area contributed by atoms with Crippen molar-refractivity contribution in [1.29, 1.82) is 0 Å². The van der Waals surface area contributed by atoms with Crippen molar-refractivity contribution in [3.8, 4) is 0 Å². The maximum atomic E-state index is 12.7. The summed E-state index contributed by atoms with van der Waals surface area (Å²) in [5, 5.41) is 3.17. The van der Waals surface area contributed by atoms with Crippen LogP contribution in [0.25, 0.3) is 0 Å². The van der Waals surface area contributed by atoms with E-state index in [0.29, 0.717) is 19.0 Å². The number of benzene rings is 1. The number of nitrogens with one attached hydrogen (secondary N) is 1. The average Bonchev–Trinajstić information content (AvgIpc) is 2.61. The first-order valence-electron chi connectivity index (χ1n) is 8.77. The van der Waals surface area contributed by atoms with Gasteiger partial charge in [0, 0.05) is 50.0 Å².